The van der Waals surface area contributed by atoms with Crippen molar-refractivity contribution in [2.45, 2.75) is 25.8 Å². The lowest BCUT2D eigenvalue weighted by atomic mass is 9.94. The minimum absolute atomic E-state index is 0.0522. The van der Waals surface area contributed by atoms with E-state index in [2.05, 4.69) is 5.32 Å². The Labute approximate surface area is 175 Å². The number of rotatable bonds is 4. The highest BCUT2D eigenvalue weighted by molar-refractivity contribution is 5.97. The Kier molecular flexibility index (Phi) is 5.61. The maximum atomic E-state index is 13.6. The molecule has 0 saturated carbocycles. The Bertz CT molecular complexity index is 1060. The van der Waals surface area contributed by atoms with Gasteiger partial charge in [-0.3, -0.25) is 9.59 Å². The summed E-state index contributed by atoms with van der Waals surface area (Å²) in [6.45, 7) is 1.92. The van der Waals surface area contributed by atoms with Gasteiger partial charge in [-0.2, -0.15) is 0 Å². The van der Waals surface area contributed by atoms with Gasteiger partial charge in [0.05, 0.1) is 6.04 Å². The molecule has 1 aliphatic rings. The number of hydrogen-bond acceptors (Lipinski definition) is 2. The minimum Gasteiger partial charge on any atom is -0.324 e. The summed E-state index contributed by atoms with van der Waals surface area (Å²) in [6.07, 6.45) is 0.880. The zero-order valence-corrected chi connectivity index (χ0v) is 16.8. The lowest BCUT2D eigenvalue weighted by Crippen LogP contribution is -2.39. The van der Waals surface area contributed by atoms with Crippen LogP contribution in [0.1, 0.15) is 34.7 Å². The van der Waals surface area contributed by atoms with Crippen LogP contribution in [0.2, 0.25) is 0 Å². The van der Waals surface area contributed by atoms with Gasteiger partial charge in [-0.15, -0.1) is 0 Å². The van der Waals surface area contributed by atoms with Crippen LogP contribution in [0.4, 0.5) is 10.1 Å². The van der Waals surface area contributed by atoms with E-state index in [0.717, 1.165) is 22.3 Å². The van der Waals surface area contributed by atoms with Crippen LogP contribution in [0.25, 0.3) is 0 Å². The smallest absolute Gasteiger partial charge is 0.244 e. The second kappa shape index (κ2) is 8.49. The van der Waals surface area contributed by atoms with Crippen LogP contribution in [0.5, 0.6) is 0 Å². The molecule has 2 amide bonds. The van der Waals surface area contributed by atoms with Crippen LogP contribution in [-0.2, 0) is 16.0 Å². The van der Waals surface area contributed by atoms with E-state index in [1.54, 1.807) is 17.0 Å². The van der Waals surface area contributed by atoms with Gasteiger partial charge < -0.3 is 10.2 Å². The lowest BCUT2D eigenvalue weighted by Gasteiger charge is -2.31. The third-order valence-corrected chi connectivity index (χ3v) is 5.38. The molecule has 4 nitrogen and oxygen atoms in total. The van der Waals surface area contributed by atoms with Crippen LogP contribution in [0.15, 0.2) is 72.8 Å². The van der Waals surface area contributed by atoms with Gasteiger partial charge in [0.15, 0.2) is 0 Å². The Morgan fingerprint density at radius 2 is 1.80 bits per heavy atom. The number of nitrogens with zero attached hydrogens (tertiary/aromatic N) is 1. The first-order valence-corrected chi connectivity index (χ1v) is 10.0. The van der Waals surface area contributed by atoms with Gasteiger partial charge in [0, 0.05) is 17.7 Å². The number of aryl methyl sites for hydroxylation is 2. The maximum absolute atomic E-state index is 13.6. The average Bonchev–Trinajstić information content (AvgIpc) is 2.89. The minimum atomic E-state index is -0.470. The first-order chi connectivity index (χ1) is 14.5. The van der Waals surface area contributed by atoms with Crippen molar-refractivity contribution < 1.29 is 14.0 Å². The predicted octanol–water partition coefficient (Wildman–Crippen LogP) is 4.64. The first kappa shape index (κ1) is 19.8. The van der Waals surface area contributed by atoms with E-state index >= 15 is 0 Å². The fourth-order valence-corrected chi connectivity index (χ4v) is 3.90. The highest BCUT2D eigenvalue weighted by Crippen LogP contribution is 2.36. The van der Waals surface area contributed by atoms with Crippen LogP contribution >= 0.6 is 0 Å². The highest BCUT2D eigenvalue weighted by Gasteiger charge is 2.33. The first-order valence-electron chi connectivity index (χ1n) is 10.0. The number of hydrogen-bond donors (Lipinski definition) is 1. The molecule has 3 aromatic carbocycles. The number of nitrogens with one attached hydrogen (secondary N) is 1. The standard InChI is InChI=1S/C25H23FN2O2/c1-17-7-13-22-21(15-17)25(19-9-11-20(26)12-10-19)28(16-23(29)27-22)24(30)14-8-18-5-3-2-4-6-18/h2-7,9-13,15,25H,8,14,16H2,1H3,(H,27,29)/t25-/m0/s1. The molecule has 0 radical (unpaired) electrons. The fraction of sp³-hybridized carbons (Fsp3) is 0.200. The van der Waals surface area contributed by atoms with Crippen molar-refractivity contribution in [2.75, 3.05) is 11.9 Å². The molecule has 0 saturated heterocycles. The van der Waals surface area contributed by atoms with E-state index in [1.165, 1.54) is 12.1 Å². The molecule has 1 heterocycles. The monoisotopic (exact) mass is 402 g/mol. The van der Waals surface area contributed by atoms with Crippen molar-refractivity contribution in [1.29, 1.82) is 0 Å². The van der Waals surface area contributed by atoms with Crippen LogP contribution in [-0.4, -0.2) is 23.3 Å². The largest absolute Gasteiger partial charge is 0.324 e. The number of fused-ring (bicyclic) bond motifs is 1. The van der Waals surface area contributed by atoms with E-state index in [4.69, 9.17) is 0 Å². The van der Waals surface area contributed by atoms with Crippen LogP contribution < -0.4 is 5.32 Å². The normalized spacial score (nSPS) is 15.9. The van der Waals surface area contributed by atoms with E-state index in [-0.39, 0.29) is 30.6 Å². The Morgan fingerprint density at radius 1 is 1.07 bits per heavy atom. The van der Waals surface area contributed by atoms with Crippen molar-refractivity contribution in [3.63, 3.8) is 0 Å². The molecule has 1 N–H and O–H groups in total. The zero-order chi connectivity index (χ0) is 21.1. The number of anilines is 1. The second-order valence-electron chi connectivity index (χ2n) is 7.60. The Hall–Kier alpha value is -3.47. The summed E-state index contributed by atoms with van der Waals surface area (Å²) in [6, 6.07) is 21.2. The lowest BCUT2D eigenvalue weighted by molar-refractivity contribution is -0.136. The van der Waals surface area contributed by atoms with Gasteiger partial charge >= 0.3 is 0 Å². The average molecular weight is 402 g/mol. The molecule has 0 bridgehead atoms. The molecule has 30 heavy (non-hydrogen) atoms. The van der Waals surface area contributed by atoms with Crippen LogP contribution in [0.3, 0.4) is 0 Å². The molecule has 1 aliphatic heterocycles. The third-order valence-electron chi connectivity index (χ3n) is 5.38. The highest BCUT2D eigenvalue weighted by atomic mass is 19.1. The molecule has 1 atom stereocenters. The van der Waals surface area contributed by atoms with Gasteiger partial charge in [-0.25, -0.2) is 4.39 Å². The zero-order valence-electron chi connectivity index (χ0n) is 16.8. The SMILES string of the molecule is Cc1ccc2c(c1)[C@H](c1ccc(F)cc1)N(C(=O)CCc1ccccc1)CC(=O)N2. The van der Waals surface area contributed by atoms with Crippen molar-refractivity contribution in [3.8, 4) is 0 Å². The molecule has 0 fully saturated rings. The predicted molar refractivity (Wildman–Crippen MR) is 115 cm³/mol. The van der Waals surface area contributed by atoms with Crippen molar-refractivity contribution >= 4 is 17.5 Å². The molecule has 0 aromatic heterocycles. The Morgan fingerprint density at radius 3 is 2.53 bits per heavy atom. The van der Waals surface area contributed by atoms with E-state index in [0.29, 0.717) is 12.1 Å². The fourth-order valence-electron chi connectivity index (χ4n) is 3.90. The van der Waals surface area contributed by atoms with E-state index < -0.39 is 6.04 Å². The molecule has 0 aliphatic carbocycles. The summed E-state index contributed by atoms with van der Waals surface area (Å²) in [4.78, 5) is 27.5. The topological polar surface area (TPSA) is 49.4 Å². The number of carbonyl (C=O) groups excluding carboxylic acids is 2. The van der Waals surface area contributed by atoms with Gasteiger partial charge in [0.25, 0.3) is 0 Å². The molecule has 152 valence electrons. The van der Waals surface area contributed by atoms with Gasteiger partial charge in [-0.05, 0) is 42.7 Å². The second-order valence-corrected chi connectivity index (χ2v) is 7.60. The van der Waals surface area contributed by atoms with Crippen molar-refractivity contribution in [1.82, 2.24) is 4.90 Å². The number of benzene rings is 3. The molecule has 0 spiro atoms. The van der Waals surface area contributed by atoms with E-state index in [9.17, 15) is 14.0 Å². The van der Waals surface area contributed by atoms with E-state index in [1.807, 2.05) is 55.5 Å². The molecule has 5 heteroatoms. The Balaban J connectivity index is 1.72. The number of halogens is 1. The summed E-state index contributed by atoms with van der Waals surface area (Å²) < 4.78 is 13.6. The third kappa shape index (κ3) is 4.25. The number of amides is 2. The number of carbonyl (C=O) groups is 2. The summed E-state index contributed by atoms with van der Waals surface area (Å²) in [7, 11) is 0. The summed E-state index contributed by atoms with van der Waals surface area (Å²) in [5, 5.41) is 2.91. The van der Waals surface area contributed by atoms with Crippen molar-refractivity contribution in [2.24, 2.45) is 0 Å². The summed E-state index contributed by atoms with van der Waals surface area (Å²) in [5.41, 5.74) is 4.38. The molecule has 4 rings (SSSR count). The maximum Gasteiger partial charge on any atom is 0.244 e. The van der Waals surface area contributed by atoms with Crippen molar-refractivity contribution in [3.05, 3.63) is 101 Å². The van der Waals surface area contributed by atoms with Crippen LogP contribution in [0, 0.1) is 12.7 Å². The molecular formula is C25H23FN2O2. The molecule has 0 unspecified atom stereocenters. The summed E-state index contributed by atoms with van der Waals surface area (Å²) >= 11 is 0. The molecular weight excluding hydrogens is 379 g/mol. The van der Waals surface area contributed by atoms with Gasteiger partial charge in [-0.1, -0.05) is 60.2 Å². The van der Waals surface area contributed by atoms with Gasteiger partial charge in [0.2, 0.25) is 11.8 Å². The molecule has 3 aromatic rings. The van der Waals surface area contributed by atoms with Gasteiger partial charge in [0.1, 0.15) is 12.4 Å². The summed E-state index contributed by atoms with van der Waals surface area (Å²) in [5.74, 6) is -0.691. The quantitative estimate of drug-likeness (QED) is 0.691.